The number of rotatable bonds is 7. The number of carbonyl (C=O) groups is 2. The van der Waals surface area contributed by atoms with E-state index in [-0.39, 0.29) is 18.2 Å². The molecule has 1 atom stereocenters. The monoisotopic (exact) mass is 390 g/mol. The molecular weight excluding hydrogens is 364 g/mol. The summed E-state index contributed by atoms with van der Waals surface area (Å²) in [5.41, 5.74) is 3.43. The van der Waals surface area contributed by atoms with Crippen LogP contribution in [0.4, 0.5) is 0 Å². The predicted molar refractivity (Wildman–Crippen MR) is 113 cm³/mol. The molecule has 0 bridgehead atoms. The number of hydrogen-bond donors (Lipinski definition) is 3. The van der Waals surface area contributed by atoms with Crippen molar-refractivity contribution in [2.24, 2.45) is 0 Å². The average molecular weight is 390 g/mol. The first-order chi connectivity index (χ1) is 14.2. The molecule has 0 radical (unpaired) electrons. The number of nitrogens with one attached hydrogen (secondary N) is 3. The summed E-state index contributed by atoms with van der Waals surface area (Å²) in [6.45, 7) is 2.58. The summed E-state index contributed by atoms with van der Waals surface area (Å²) in [5.74, 6) is -0.163. The number of para-hydroxylation sites is 1. The van der Waals surface area contributed by atoms with Crippen LogP contribution in [0.15, 0.2) is 60.8 Å². The van der Waals surface area contributed by atoms with E-state index in [0.717, 1.165) is 24.0 Å². The molecule has 6 heteroatoms. The first-order valence-electron chi connectivity index (χ1n) is 10.1. The molecule has 6 nitrogen and oxygen atoms in total. The van der Waals surface area contributed by atoms with Gasteiger partial charge in [-0.15, -0.1) is 0 Å². The highest BCUT2D eigenvalue weighted by Crippen LogP contribution is 2.18. The highest BCUT2D eigenvalue weighted by molar-refractivity contribution is 5.89. The van der Waals surface area contributed by atoms with E-state index >= 15 is 0 Å². The second-order valence-electron chi connectivity index (χ2n) is 7.43. The van der Waals surface area contributed by atoms with Crippen molar-refractivity contribution in [3.05, 3.63) is 71.9 Å². The van der Waals surface area contributed by atoms with Gasteiger partial charge in [0.2, 0.25) is 11.8 Å². The van der Waals surface area contributed by atoms with E-state index in [0.29, 0.717) is 19.6 Å². The zero-order chi connectivity index (χ0) is 20.1. The van der Waals surface area contributed by atoms with Gasteiger partial charge in [-0.2, -0.15) is 0 Å². The number of aromatic nitrogens is 1. The lowest BCUT2D eigenvalue weighted by atomic mass is 10.1. The molecule has 2 amide bonds. The van der Waals surface area contributed by atoms with Crippen molar-refractivity contribution in [3.8, 4) is 0 Å². The molecule has 3 aromatic rings. The quantitative estimate of drug-likeness (QED) is 0.579. The van der Waals surface area contributed by atoms with Gasteiger partial charge in [0, 0.05) is 43.3 Å². The normalized spacial score (nSPS) is 17.2. The molecule has 1 aliphatic heterocycles. The van der Waals surface area contributed by atoms with Gasteiger partial charge in [0.1, 0.15) is 0 Å². The number of carbonyl (C=O) groups excluding carboxylic acids is 2. The molecule has 150 valence electrons. The summed E-state index contributed by atoms with van der Waals surface area (Å²) >= 11 is 0. The van der Waals surface area contributed by atoms with Crippen molar-refractivity contribution in [2.75, 3.05) is 19.6 Å². The van der Waals surface area contributed by atoms with Crippen molar-refractivity contribution in [1.82, 2.24) is 20.5 Å². The van der Waals surface area contributed by atoms with Crippen molar-refractivity contribution in [2.45, 2.75) is 25.4 Å². The van der Waals surface area contributed by atoms with Gasteiger partial charge in [0.15, 0.2) is 0 Å². The van der Waals surface area contributed by atoms with Gasteiger partial charge in [-0.1, -0.05) is 48.5 Å². The molecule has 29 heavy (non-hydrogen) atoms. The van der Waals surface area contributed by atoms with E-state index in [1.807, 2.05) is 54.7 Å². The van der Waals surface area contributed by atoms with E-state index in [9.17, 15) is 9.59 Å². The van der Waals surface area contributed by atoms with Crippen molar-refractivity contribution >= 4 is 22.7 Å². The number of fused-ring (bicyclic) bond motifs is 1. The van der Waals surface area contributed by atoms with Gasteiger partial charge in [0.05, 0.1) is 12.5 Å². The maximum absolute atomic E-state index is 12.5. The molecule has 4 rings (SSSR count). The Morgan fingerprint density at radius 2 is 1.90 bits per heavy atom. The lowest BCUT2D eigenvalue weighted by molar-refractivity contribution is -0.134. The second kappa shape index (κ2) is 8.92. The van der Waals surface area contributed by atoms with Gasteiger partial charge in [0.25, 0.3) is 0 Å². The first kappa shape index (κ1) is 19.2. The Balaban J connectivity index is 1.32. The molecule has 0 spiro atoms. The zero-order valence-corrected chi connectivity index (χ0v) is 16.4. The van der Waals surface area contributed by atoms with Crippen LogP contribution in [0.3, 0.4) is 0 Å². The van der Waals surface area contributed by atoms with E-state index in [4.69, 9.17) is 0 Å². The predicted octanol–water partition coefficient (Wildman–Crippen LogP) is 2.22. The Hall–Kier alpha value is -3.12. The fourth-order valence-corrected chi connectivity index (χ4v) is 3.91. The molecule has 2 aromatic carbocycles. The van der Waals surface area contributed by atoms with Crippen LogP contribution in [0, 0.1) is 0 Å². The minimum atomic E-state index is -0.433. The summed E-state index contributed by atoms with van der Waals surface area (Å²) < 4.78 is 0. The van der Waals surface area contributed by atoms with Crippen molar-refractivity contribution < 1.29 is 9.59 Å². The Morgan fingerprint density at radius 1 is 1.10 bits per heavy atom. The second-order valence-corrected chi connectivity index (χ2v) is 7.43. The van der Waals surface area contributed by atoms with Gasteiger partial charge < -0.3 is 15.6 Å². The standard InChI is InChI=1S/C23H26N4O2/c28-22(24-11-10-18-15-26-20-9-5-4-8-19(18)20)14-21-23(29)25-12-13-27(21)16-17-6-2-1-3-7-17/h1-9,15,21,26H,10-14,16H2,(H,24,28)(H,25,29). The number of amides is 2. The number of hydrogen-bond acceptors (Lipinski definition) is 3. The van der Waals surface area contributed by atoms with E-state index < -0.39 is 6.04 Å². The number of benzene rings is 2. The molecular formula is C23H26N4O2. The van der Waals surface area contributed by atoms with Crippen LogP contribution in [-0.2, 0) is 22.6 Å². The third-order valence-electron chi connectivity index (χ3n) is 5.44. The lowest BCUT2D eigenvalue weighted by Gasteiger charge is -2.34. The molecule has 1 aliphatic rings. The molecule has 0 aliphatic carbocycles. The fourth-order valence-electron chi connectivity index (χ4n) is 3.91. The summed E-state index contributed by atoms with van der Waals surface area (Å²) in [4.78, 5) is 30.3. The summed E-state index contributed by atoms with van der Waals surface area (Å²) in [7, 11) is 0. The minimum absolute atomic E-state index is 0.0704. The summed E-state index contributed by atoms with van der Waals surface area (Å²) in [5, 5.41) is 7.05. The van der Waals surface area contributed by atoms with E-state index in [1.54, 1.807) is 0 Å². The highest BCUT2D eigenvalue weighted by Gasteiger charge is 2.31. The van der Waals surface area contributed by atoms with Crippen LogP contribution in [0.1, 0.15) is 17.5 Å². The van der Waals surface area contributed by atoms with Crippen LogP contribution >= 0.6 is 0 Å². The van der Waals surface area contributed by atoms with Crippen LogP contribution in [0.5, 0.6) is 0 Å². The Labute approximate surface area is 170 Å². The van der Waals surface area contributed by atoms with Crippen molar-refractivity contribution in [1.29, 1.82) is 0 Å². The third kappa shape index (κ3) is 4.66. The number of aromatic amines is 1. The Kier molecular flexibility index (Phi) is 5.91. The van der Waals surface area contributed by atoms with E-state index in [1.165, 1.54) is 10.9 Å². The summed E-state index contributed by atoms with van der Waals surface area (Å²) in [6, 6.07) is 17.8. The fraction of sp³-hybridized carbons (Fsp3) is 0.304. The van der Waals surface area contributed by atoms with Gasteiger partial charge >= 0.3 is 0 Å². The van der Waals surface area contributed by atoms with E-state index in [2.05, 4.69) is 26.6 Å². The van der Waals surface area contributed by atoms with Gasteiger partial charge in [-0.05, 0) is 23.6 Å². The van der Waals surface area contributed by atoms with Crippen LogP contribution in [-0.4, -0.2) is 47.4 Å². The summed E-state index contributed by atoms with van der Waals surface area (Å²) in [6.07, 6.45) is 2.92. The van der Waals surface area contributed by atoms with Crippen LogP contribution in [0.25, 0.3) is 10.9 Å². The highest BCUT2D eigenvalue weighted by atomic mass is 16.2. The van der Waals surface area contributed by atoms with Gasteiger partial charge in [-0.3, -0.25) is 14.5 Å². The SMILES string of the molecule is O=C(CC1C(=O)NCCN1Cc1ccccc1)NCCc1c[nH]c2ccccc12. The lowest BCUT2D eigenvalue weighted by Crippen LogP contribution is -2.56. The molecule has 0 saturated carbocycles. The average Bonchev–Trinajstić information content (AvgIpc) is 3.15. The van der Waals surface area contributed by atoms with Crippen LogP contribution in [0.2, 0.25) is 0 Å². The number of nitrogens with zero attached hydrogens (tertiary/aromatic N) is 1. The largest absolute Gasteiger partial charge is 0.361 e. The molecule has 1 saturated heterocycles. The van der Waals surface area contributed by atoms with Gasteiger partial charge in [-0.25, -0.2) is 0 Å². The minimum Gasteiger partial charge on any atom is -0.361 e. The van der Waals surface area contributed by atoms with Crippen LogP contribution < -0.4 is 10.6 Å². The topological polar surface area (TPSA) is 77.2 Å². The smallest absolute Gasteiger partial charge is 0.237 e. The Bertz CT molecular complexity index is 983. The molecule has 1 unspecified atom stereocenters. The Morgan fingerprint density at radius 3 is 2.76 bits per heavy atom. The maximum atomic E-state index is 12.5. The number of H-pyrrole nitrogens is 1. The first-order valence-corrected chi connectivity index (χ1v) is 10.1. The maximum Gasteiger partial charge on any atom is 0.237 e. The molecule has 1 fully saturated rings. The third-order valence-corrected chi connectivity index (χ3v) is 5.44. The van der Waals surface area contributed by atoms with Crippen molar-refractivity contribution in [3.63, 3.8) is 0 Å². The number of piperazine rings is 1. The molecule has 3 N–H and O–H groups in total. The molecule has 2 heterocycles. The zero-order valence-electron chi connectivity index (χ0n) is 16.4. The molecule has 1 aromatic heterocycles.